The van der Waals surface area contributed by atoms with E-state index in [2.05, 4.69) is 6.58 Å². The summed E-state index contributed by atoms with van der Waals surface area (Å²) in [6, 6.07) is 9.60. The standard InChI is InChI=1S/C17H14F2O3/c1-10(17(21)22)8-16(20)12-4-2-11(3-5-12)14-7-6-13(18)9-15(14)19/h2-7,9,16,20H,1,8H2,(H,21,22). The lowest BCUT2D eigenvalue weighted by atomic mass is 9.98. The van der Waals surface area contributed by atoms with E-state index in [4.69, 9.17) is 5.11 Å². The van der Waals surface area contributed by atoms with Gasteiger partial charge in [-0.05, 0) is 23.3 Å². The zero-order valence-electron chi connectivity index (χ0n) is 11.6. The van der Waals surface area contributed by atoms with Crippen LogP contribution in [0.5, 0.6) is 0 Å². The Morgan fingerprint density at radius 3 is 2.32 bits per heavy atom. The van der Waals surface area contributed by atoms with Crippen LogP contribution in [0.4, 0.5) is 8.78 Å². The molecule has 0 fully saturated rings. The SMILES string of the molecule is C=C(CC(O)c1ccc(-c2ccc(F)cc2F)cc1)C(=O)O. The maximum atomic E-state index is 13.7. The molecular weight excluding hydrogens is 290 g/mol. The van der Waals surface area contributed by atoms with E-state index in [0.29, 0.717) is 11.1 Å². The van der Waals surface area contributed by atoms with E-state index in [1.165, 1.54) is 6.07 Å². The van der Waals surface area contributed by atoms with E-state index >= 15 is 0 Å². The molecule has 22 heavy (non-hydrogen) atoms. The molecule has 1 atom stereocenters. The van der Waals surface area contributed by atoms with Gasteiger partial charge in [0, 0.05) is 23.6 Å². The van der Waals surface area contributed by atoms with E-state index in [1.807, 2.05) is 0 Å². The van der Waals surface area contributed by atoms with E-state index in [9.17, 15) is 18.7 Å². The summed E-state index contributed by atoms with van der Waals surface area (Å²) in [6.07, 6.45) is -1.10. The molecule has 0 aliphatic rings. The average Bonchev–Trinajstić information content (AvgIpc) is 2.47. The molecule has 3 nitrogen and oxygen atoms in total. The molecule has 0 bridgehead atoms. The van der Waals surface area contributed by atoms with E-state index < -0.39 is 23.7 Å². The van der Waals surface area contributed by atoms with Crippen molar-refractivity contribution < 1.29 is 23.8 Å². The fourth-order valence-electron chi connectivity index (χ4n) is 2.05. The number of aliphatic carboxylic acids is 1. The number of halogens is 2. The number of aliphatic hydroxyl groups excluding tert-OH is 1. The van der Waals surface area contributed by atoms with Gasteiger partial charge in [0.25, 0.3) is 0 Å². The van der Waals surface area contributed by atoms with Crippen LogP contribution in [-0.2, 0) is 4.79 Å². The van der Waals surface area contributed by atoms with Crippen molar-refractivity contribution in [2.24, 2.45) is 0 Å². The average molecular weight is 304 g/mol. The highest BCUT2D eigenvalue weighted by atomic mass is 19.1. The summed E-state index contributed by atoms with van der Waals surface area (Å²) in [5.74, 6) is -2.49. The summed E-state index contributed by atoms with van der Waals surface area (Å²) in [4.78, 5) is 10.7. The Balaban J connectivity index is 2.19. The lowest BCUT2D eigenvalue weighted by molar-refractivity contribution is -0.133. The molecule has 2 aromatic carbocycles. The maximum Gasteiger partial charge on any atom is 0.331 e. The lowest BCUT2D eigenvalue weighted by Crippen LogP contribution is -2.05. The third-order valence-electron chi connectivity index (χ3n) is 3.28. The molecule has 1 unspecified atom stereocenters. The van der Waals surface area contributed by atoms with Crippen molar-refractivity contribution in [2.45, 2.75) is 12.5 Å². The summed E-state index contributed by atoms with van der Waals surface area (Å²) in [5, 5.41) is 18.7. The van der Waals surface area contributed by atoms with E-state index in [1.54, 1.807) is 24.3 Å². The van der Waals surface area contributed by atoms with Crippen molar-refractivity contribution in [2.75, 3.05) is 0 Å². The Morgan fingerprint density at radius 1 is 1.14 bits per heavy atom. The number of carboxylic acids is 1. The lowest BCUT2D eigenvalue weighted by Gasteiger charge is -2.12. The Bertz CT molecular complexity index is 708. The molecular formula is C17H14F2O3. The van der Waals surface area contributed by atoms with Gasteiger partial charge in [0.15, 0.2) is 0 Å². The van der Waals surface area contributed by atoms with Crippen LogP contribution in [0.1, 0.15) is 18.1 Å². The van der Waals surface area contributed by atoms with Crippen molar-refractivity contribution in [1.82, 2.24) is 0 Å². The first kappa shape index (κ1) is 15.9. The maximum absolute atomic E-state index is 13.7. The number of aliphatic hydroxyl groups is 1. The second-order valence-electron chi connectivity index (χ2n) is 4.87. The number of hydrogen-bond donors (Lipinski definition) is 2. The molecule has 0 aliphatic heterocycles. The van der Waals surface area contributed by atoms with Gasteiger partial charge in [-0.2, -0.15) is 0 Å². The van der Waals surface area contributed by atoms with Crippen molar-refractivity contribution in [3.63, 3.8) is 0 Å². The van der Waals surface area contributed by atoms with Crippen LogP contribution < -0.4 is 0 Å². The predicted octanol–water partition coefficient (Wildman–Crippen LogP) is 3.70. The van der Waals surface area contributed by atoms with Gasteiger partial charge in [-0.3, -0.25) is 0 Å². The van der Waals surface area contributed by atoms with Crippen molar-refractivity contribution in [3.05, 3.63) is 71.8 Å². The Morgan fingerprint density at radius 2 is 1.77 bits per heavy atom. The minimum atomic E-state index is -1.16. The smallest absolute Gasteiger partial charge is 0.331 e. The third-order valence-corrected chi connectivity index (χ3v) is 3.28. The number of benzene rings is 2. The van der Waals surface area contributed by atoms with Crippen LogP contribution >= 0.6 is 0 Å². The minimum absolute atomic E-state index is 0.0962. The Hall–Kier alpha value is -2.53. The van der Waals surface area contributed by atoms with Crippen molar-refractivity contribution in [1.29, 1.82) is 0 Å². The molecule has 0 radical (unpaired) electrons. The second-order valence-corrected chi connectivity index (χ2v) is 4.87. The summed E-state index contributed by atoms with van der Waals surface area (Å²) in [7, 11) is 0. The minimum Gasteiger partial charge on any atom is -0.478 e. The summed E-state index contributed by atoms with van der Waals surface area (Å²) < 4.78 is 26.6. The van der Waals surface area contributed by atoms with Gasteiger partial charge in [-0.25, -0.2) is 13.6 Å². The highest BCUT2D eigenvalue weighted by Crippen LogP contribution is 2.27. The summed E-state index contributed by atoms with van der Waals surface area (Å²) >= 11 is 0. The van der Waals surface area contributed by atoms with Crippen LogP contribution in [0.3, 0.4) is 0 Å². The Labute approximate surface area is 126 Å². The van der Waals surface area contributed by atoms with Gasteiger partial charge in [-0.1, -0.05) is 30.8 Å². The molecule has 0 aliphatic carbocycles. The molecule has 0 saturated heterocycles. The number of hydrogen-bond acceptors (Lipinski definition) is 2. The Kier molecular flexibility index (Phi) is 4.68. The second kappa shape index (κ2) is 6.49. The third kappa shape index (κ3) is 3.56. The molecule has 0 amide bonds. The predicted molar refractivity (Wildman–Crippen MR) is 78.1 cm³/mol. The summed E-state index contributed by atoms with van der Waals surface area (Å²) in [6.45, 7) is 3.36. The van der Waals surface area contributed by atoms with Crippen LogP contribution in [0.2, 0.25) is 0 Å². The number of rotatable bonds is 5. The van der Waals surface area contributed by atoms with Gasteiger partial charge in [0.05, 0.1) is 6.10 Å². The first-order valence-electron chi connectivity index (χ1n) is 6.53. The van der Waals surface area contributed by atoms with Crippen LogP contribution in [0.15, 0.2) is 54.6 Å². The van der Waals surface area contributed by atoms with Gasteiger partial charge in [-0.15, -0.1) is 0 Å². The molecule has 2 rings (SSSR count). The van der Waals surface area contributed by atoms with Gasteiger partial charge in [0.2, 0.25) is 0 Å². The molecule has 0 saturated carbocycles. The normalized spacial score (nSPS) is 12.0. The van der Waals surface area contributed by atoms with Gasteiger partial charge < -0.3 is 10.2 Å². The quantitative estimate of drug-likeness (QED) is 0.828. The van der Waals surface area contributed by atoms with Crippen LogP contribution in [0, 0.1) is 11.6 Å². The van der Waals surface area contributed by atoms with Crippen molar-refractivity contribution in [3.8, 4) is 11.1 Å². The molecule has 5 heteroatoms. The van der Waals surface area contributed by atoms with E-state index in [0.717, 1.165) is 12.1 Å². The molecule has 0 heterocycles. The zero-order chi connectivity index (χ0) is 16.3. The molecule has 0 spiro atoms. The van der Waals surface area contributed by atoms with Gasteiger partial charge in [0.1, 0.15) is 11.6 Å². The zero-order valence-corrected chi connectivity index (χ0v) is 11.6. The fraction of sp³-hybridized carbons (Fsp3) is 0.118. The number of carbonyl (C=O) groups is 1. The first-order valence-corrected chi connectivity index (χ1v) is 6.53. The fourth-order valence-corrected chi connectivity index (χ4v) is 2.05. The largest absolute Gasteiger partial charge is 0.478 e. The monoisotopic (exact) mass is 304 g/mol. The highest BCUT2D eigenvalue weighted by molar-refractivity contribution is 5.85. The van der Waals surface area contributed by atoms with Crippen LogP contribution in [0.25, 0.3) is 11.1 Å². The first-order chi connectivity index (χ1) is 10.4. The topological polar surface area (TPSA) is 57.5 Å². The van der Waals surface area contributed by atoms with Crippen LogP contribution in [-0.4, -0.2) is 16.2 Å². The van der Waals surface area contributed by atoms with Gasteiger partial charge >= 0.3 is 5.97 Å². The molecule has 2 N–H and O–H groups in total. The summed E-state index contributed by atoms with van der Waals surface area (Å²) in [5.41, 5.74) is 1.18. The highest BCUT2D eigenvalue weighted by Gasteiger charge is 2.14. The number of carboxylic acid groups (broad SMARTS) is 1. The van der Waals surface area contributed by atoms with E-state index in [-0.39, 0.29) is 17.6 Å². The molecule has 0 aromatic heterocycles. The molecule has 114 valence electrons. The van der Waals surface area contributed by atoms with Crippen molar-refractivity contribution >= 4 is 5.97 Å². The molecule has 2 aromatic rings.